The van der Waals surface area contributed by atoms with Gasteiger partial charge in [0.2, 0.25) is 0 Å². The topological polar surface area (TPSA) is 55.8 Å². The van der Waals surface area contributed by atoms with Crippen molar-refractivity contribution < 1.29 is 23.8 Å². The molecule has 5 rings (SSSR count). The molecule has 0 saturated carbocycles. The fourth-order valence-corrected chi connectivity index (χ4v) is 5.69. The monoisotopic (exact) mass is 514 g/mol. The lowest BCUT2D eigenvalue weighted by atomic mass is 9.76. The van der Waals surface area contributed by atoms with Crippen LogP contribution in [0.2, 0.25) is 0 Å². The lowest BCUT2D eigenvalue weighted by molar-refractivity contribution is -0.137. The van der Waals surface area contributed by atoms with E-state index in [0.29, 0.717) is 17.9 Å². The fraction of sp³-hybridized carbons (Fsp3) is 0.364. The predicted octanol–water partition coefficient (Wildman–Crippen LogP) is 8.18. The Bertz CT molecular complexity index is 1390. The van der Waals surface area contributed by atoms with Crippen molar-refractivity contribution in [2.75, 3.05) is 7.11 Å². The number of rotatable bonds is 8. The maximum Gasteiger partial charge on any atom is 0.303 e. The van der Waals surface area contributed by atoms with E-state index >= 15 is 4.39 Å². The standard InChI is InChI=1S/C33H35FO4/c1-33(2)14-12-23(13-15-33)29-16-21(4-10-27(29)30-18-25(37-3)9-11-31(30)34)20-38-26-8-7-22-5-6-24(17-32(35)36)28(22)19-26/h4,7-12,16,18-19,24H,5-6,13-15,17,20H2,1-3H3,(H,35,36)/t24-/m1/s1. The van der Waals surface area contributed by atoms with E-state index in [1.54, 1.807) is 19.2 Å². The van der Waals surface area contributed by atoms with Crippen LogP contribution in [0, 0.1) is 11.2 Å². The van der Waals surface area contributed by atoms with E-state index in [-0.39, 0.29) is 23.6 Å². The first kappa shape index (κ1) is 26.0. The van der Waals surface area contributed by atoms with Gasteiger partial charge in [-0.3, -0.25) is 4.79 Å². The Morgan fingerprint density at radius 3 is 2.55 bits per heavy atom. The molecule has 2 aliphatic rings. The lowest BCUT2D eigenvalue weighted by Crippen LogP contribution is -2.14. The average Bonchev–Trinajstić information content (AvgIpc) is 3.29. The zero-order valence-electron chi connectivity index (χ0n) is 22.4. The Labute approximate surface area is 224 Å². The molecule has 3 aromatic carbocycles. The summed E-state index contributed by atoms with van der Waals surface area (Å²) >= 11 is 0. The molecule has 1 N–H and O–H groups in total. The van der Waals surface area contributed by atoms with Crippen molar-refractivity contribution in [3.63, 3.8) is 0 Å². The molecule has 0 bridgehead atoms. The molecule has 0 radical (unpaired) electrons. The molecule has 0 amide bonds. The van der Waals surface area contributed by atoms with Crippen LogP contribution < -0.4 is 9.47 Å². The molecule has 0 spiro atoms. The summed E-state index contributed by atoms with van der Waals surface area (Å²) in [6, 6.07) is 17.0. The molecule has 0 fully saturated rings. The van der Waals surface area contributed by atoms with Gasteiger partial charge in [0.15, 0.2) is 0 Å². The van der Waals surface area contributed by atoms with E-state index in [0.717, 1.165) is 60.1 Å². The summed E-state index contributed by atoms with van der Waals surface area (Å²) in [6.45, 7) is 4.94. The Balaban J connectivity index is 1.44. The molecule has 38 heavy (non-hydrogen) atoms. The maximum absolute atomic E-state index is 15.0. The Hall–Kier alpha value is -3.60. The Kier molecular flexibility index (Phi) is 7.29. The number of ether oxygens (including phenoxy) is 2. The minimum Gasteiger partial charge on any atom is -0.497 e. The van der Waals surface area contributed by atoms with Crippen LogP contribution in [0.25, 0.3) is 16.7 Å². The minimum absolute atomic E-state index is 0.0391. The van der Waals surface area contributed by atoms with E-state index in [1.807, 2.05) is 24.3 Å². The first-order chi connectivity index (χ1) is 18.2. The largest absolute Gasteiger partial charge is 0.497 e. The van der Waals surface area contributed by atoms with Gasteiger partial charge >= 0.3 is 5.97 Å². The number of allylic oxidation sites excluding steroid dienone is 2. The molecule has 1 atom stereocenters. The molecule has 2 aliphatic carbocycles. The number of fused-ring (bicyclic) bond motifs is 1. The molecule has 0 saturated heterocycles. The van der Waals surface area contributed by atoms with E-state index in [4.69, 9.17) is 9.47 Å². The minimum atomic E-state index is -0.769. The van der Waals surface area contributed by atoms with Crippen LogP contribution in [0.4, 0.5) is 4.39 Å². The predicted molar refractivity (Wildman–Crippen MR) is 148 cm³/mol. The average molecular weight is 515 g/mol. The van der Waals surface area contributed by atoms with Gasteiger partial charge in [0.05, 0.1) is 13.5 Å². The normalized spacial score (nSPS) is 18.0. The maximum atomic E-state index is 15.0. The number of carboxylic acid groups (broad SMARTS) is 1. The summed E-state index contributed by atoms with van der Waals surface area (Å²) in [6.07, 6.45) is 7.21. The van der Waals surface area contributed by atoms with Crippen LogP contribution in [0.15, 0.2) is 60.7 Å². The highest BCUT2D eigenvalue weighted by atomic mass is 19.1. The van der Waals surface area contributed by atoms with Gasteiger partial charge in [-0.2, -0.15) is 0 Å². The molecule has 0 aromatic heterocycles. The molecule has 5 heteroatoms. The number of halogens is 1. The third-order valence-corrected chi connectivity index (χ3v) is 8.01. The quantitative estimate of drug-likeness (QED) is 0.329. The van der Waals surface area contributed by atoms with Crippen molar-refractivity contribution in [3.05, 3.63) is 88.7 Å². The van der Waals surface area contributed by atoms with Gasteiger partial charge in [-0.05, 0) is 113 Å². The zero-order chi connectivity index (χ0) is 26.9. The summed E-state index contributed by atoms with van der Waals surface area (Å²) in [4.78, 5) is 11.3. The van der Waals surface area contributed by atoms with Crippen molar-refractivity contribution in [1.82, 2.24) is 0 Å². The van der Waals surface area contributed by atoms with E-state index in [1.165, 1.54) is 17.2 Å². The molecule has 0 unspecified atom stereocenters. The second-order valence-electron chi connectivity index (χ2n) is 11.3. The van der Waals surface area contributed by atoms with Crippen LogP contribution in [0.3, 0.4) is 0 Å². The number of aliphatic carboxylic acids is 1. The van der Waals surface area contributed by atoms with Gasteiger partial charge in [-0.15, -0.1) is 0 Å². The molecule has 3 aromatic rings. The van der Waals surface area contributed by atoms with Crippen LogP contribution in [-0.2, 0) is 17.8 Å². The fourth-order valence-electron chi connectivity index (χ4n) is 5.69. The molecular formula is C33H35FO4. The van der Waals surface area contributed by atoms with E-state index in [9.17, 15) is 9.90 Å². The molecule has 198 valence electrons. The number of carbonyl (C=O) groups is 1. The molecular weight excluding hydrogens is 479 g/mol. The first-order valence-corrected chi connectivity index (χ1v) is 13.4. The van der Waals surface area contributed by atoms with Gasteiger partial charge in [-0.25, -0.2) is 4.39 Å². The van der Waals surface area contributed by atoms with Crippen LogP contribution in [-0.4, -0.2) is 18.2 Å². The van der Waals surface area contributed by atoms with Gasteiger partial charge in [0.1, 0.15) is 23.9 Å². The van der Waals surface area contributed by atoms with Crippen LogP contribution in [0.1, 0.15) is 74.1 Å². The third kappa shape index (κ3) is 5.62. The highest BCUT2D eigenvalue weighted by Crippen LogP contribution is 2.42. The summed E-state index contributed by atoms with van der Waals surface area (Å²) in [7, 11) is 1.59. The highest BCUT2D eigenvalue weighted by Gasteiger charge is 2.26. The number of carboxylic acids is 1. The first-order valence-electron chi connectivity index (χ1n) is 13.4. The SMILES string of the molecule is COc1ccc(F)c(-c2ccc(COc3ccc4c(c3)[C@@H](CC(=O)O)CC4)cc2C2=CCC(C)(C)CC2)c1. The number of hydrogen-bond donors (Lipinski definition) is 1. The van der Waals surface area contributed by atoms with E-state index < -0.39 is 5.97 Å². The van der Waals surface area contributed by atoms with Crippen LogP contribution in [0.5, 0.6) is 11.5 Å². The van der Waals surface area contributed by atoms with Gasteiger partial charge in [0.25, 0.3) is 0 Å². The number of methoxy groups -OCH3 is 1. The molecule has 4 nitrogen and oxygen atoms in total. The van der Waals surface area contributed by atoms with Crippen molar-refractivity contribution in [2.45, 2.75) is 64.9 Å². The highest BCUT2D eigenvalue weighted by molar-refractivity contribution is 5.83. The van der Waals surface area contributed by atoms with Crippen molar-refractivity contribution >= 4 is 11.5 Å². The van der Waals surface area contributed by atoms with Crippen LogP contribution >= 0.6 is 0 Å². The second kappa shape index (κ2) is 10.6. The number of benzene rings is 3. The number of aryl methyl sites for hydroxylation is 1. The van der Waals surface area contributed by atoms with Gasteiger partial charge in [-0.1, -0.05) is 38.1 Å². The molecule has 0 heterocycles. The van der Waals surface area contributed by atoms with Crippen molar-refractivity contribution in [2.24, 2.45) is 5.41 Å². The van der Waals surface area contributed by atoms with Crippen molar-refractivity contribution in [1.29, 1.82) is 0 Å². The Morgan fingerprint density at radius 1 is 1.00 bits per heavy atom. The van der Waals surface area contributed by atoms with Crippen molar-refractivity contribution in [3.8, 4) is 22.6 Å². The second-order valence-corrected chi connectivity index (χ2v) is 11.3. The zero-order valence-corrected chi connectivity index (χ0v) is 22.4. The number of hydrogen-bond acceptors (Lipinski definition) is 3. The summed E-state index contributed by atoms with van der Waals surface area (Å²) in [5.41, 5.74) is 7.21. The lowest BCUT2D eigenvalue weighted by Gasteiger charge is -2.29. The third-order valence-electron chi connectivity index (χ3n) is 8.01. The summed E-state index contributed by atoms with van der Waals surface area (Å²) < 4.78 is 26.6. The summed E-state index contributed by atoms with van der Waals surface area (Å²) in [5, 5.41) is 9.27. The van der Waals surface area contributed by atoms with Gasteiger partial charge < -0.3 is 14.6 Å². The van der Waals surface area contributed by atoms with Gasteiger partial charge in [0, 0.05) is 5.56 Å². The molecule has 0 aliphatic heterocycles. The Morgan fingerprint density at radius 2 is 1.82 bits per heavy atom. The smallest absolute Gasteiger partial charge is 0.303 e. The van der Waals surface area contributed by atoms with E-state index in [2.05, 4.69) is 32.1 Å². The summed E-state index contributed by atoms with van der Waals surface area (Å²) in [5.74, 6) is 0.356.